The summed E-state index contributed by atoms with van der Waals surface area (Å²) in [6, 6.07) is 8.90. The number of aromatic nitrogens is 4. The highest BCUT2D eigenvalue weighted by molar-refractivity contribution is 9.10. The highest BCUT2D eigenvalue weighted by atomic mass is 79.9. The van der Waals surface area contributed by atoms with Gasteiger partial charge in [0.05, 0.1) is 4.47 Å². The van der Waals surface area contributed by atoms with Gasteiger partial charge in [0, 0.05) is 17.3 Å². The molecule has 0 bridgehead atoms. The topological polar surface area (TPSA) is 69.6 Å². The van der Waals surface area contributed by atoms with Crippen LogP contribution in [-0.4, -0.2) is 20.2 Å². The van der Waals surface area contributed by atoms with Crippen molar-refractivity contribution in [2.75, 3.05) is 5.73 Å². The first-order valence-electron chi connectivity index (χ1n) is 5.85. The van der Waals surface area contributed by atoms with E-state index < -0.39 is 11.6 Å². The van der Waals surface area contributed by atoms with E-state index in [0.29, 0.717) is 17.1 Å². The third-order valence-corrected chi connectivity index (χ3v) is 3.44. The number of nitrogens with two attached hydrogens (primary N) is 1. The Morgan fingerprint density at radius 3 is 2.67 bits per heavy atom. The fourth-order valence-corrected chi connectivity index (χ4v) is 2.21. The second-order valence-electron chi connectivity index (χ2n) is 4.26. The van der Waals surface area contributed by atoms with Gasteiger partial charge in [-0.1, -0.05) is 12.1 Å². The number of halogens is 3. The summed E-state index contributed by atoms with van der Waals surface area (Å²) in [5.41, 5.74) is 6.91. The van der Waals surface area contributed by atoms with Gasteiger partial charge in [-0.3, -0.25) is 0 Å². The van der Waals surface area contributed by atoms with Crippen LogP contribution in [0.15, 0.2) is 40.9 Å². The lowest BCUT2D eigenvalue weighted by Gasteiger charge is -2.07. The lowest BCUT2D eigenvalue weighted by Crippen LogP contribution is -2.04. The Labute approximate surface area is 126 Å². The summed E-state index contributed by atoms with van der Waals surface area (Å²) in [6.07, 6.45) is 0. The Balaban J connectivity index is 2.18. The van der Waals surface area contributed by atoms with Crippen LogP contribution < -0.4 is 5.73 Å². The van der Waals surface area contributed by atoms with Crippen LogP contribution in [0, 0.1) is 11.6 Å². The van der Waals surface area contributed by atoms with Crippen LogP contribution in [0.1, 0.15) is 0 Å². The van der Waals surface area contributed by atoms with E-state index in [1.807, 2.05) is 0 Å². The number of nitrogen functional groups attached to an aromatic ring is 1. The van der Waals surface area contributed by atoms with Gasteiger partial charge in [-0.25, -0.2) is 8.78 Å². The number of nitrogens with zero attached hydrogens (tertiary/aromatic N) is 4. The first-order chi connectivity index (χ1) is 10.1. The monoisotopic (exact) mass is 351 g/mol. The van der Waals surface area contributed by atoms with Crippen LogP contribution in [-0.2, 0) is 0 Å². The van der Waals surface area contributed by atoms with Crippen LogP contribution in [0.5, 0.6) is 0 Å². The predicted molar refractivity (Wildman–Crippen MR) is 76.6 cm³/mol. The van der Waals surface area contributed by atoms with Gasteiger partial charge < -0.3 is 5.73 Å². The SMILES string of the molecule is Nc1cccc(-c2nnnn2-c2cc(Br)c(F)cc2F)c1. The maximum absolute atomic E-state index is 14.0. The molecule has 0 aliphatic rings. The summed E-state index contributed by atoms with van der Waals surface area (Å²) >= 11 is 3.01. The minimum Gasteiger partial charge on any atom is -0.399 e. The number of anilines is 1. The Hall–Kier alpha value is -2.35. The molecule has 5 nitrogen and oxygen atoms in total. The first-order valence-corrected chi connectivity index (χ1v) is 6.65. The molecular weight excluding hydrogens is 344 g/mol. The largest absolute Gasteiger partial charge is 0.399 e. The molecule has 106 valence electrons. The molecular formula is C13H8BrF2N5. The second-order valence-corrected chi connectivity index (χ2v) is 5.11. The molecule has 1 heterocycles. The predicted octanol–water partition coefficient (Wildman–Crippen LogP) is 2.95. The minimum absolute atomic E-state index is 0.0331. The van der Waals surface area contributed by atoms with Crippen molar-refractivity contribution in [3.8, 4) is 17.1 Å². The zero-order chi connectivity index (χ0) is 15.0. The summed E-state index contributed by atoms with van der Waals surface area (Å²) in [6.45, 7) is 0. The second kappa shape index (κ2) is 5.21. The van der Waals surface area contributed by atoms with Gasteiger partial charge in [0.1, 0.15) is 11.5 Å². The van der Waals surface area contributed by atoms with Crippen molar-refractivity contribution in [2.24, 2.45) is 0 Å². The molecule has 21 heavy (non-hydrogen) atoms. The van der Waals surface area contributed by atoms with Crippen molar-refractivity contribution in [1.82, 2.24) is 20.2 Å². The fraction of sp³-hybridized carbons (Fsp3) is 0. The van der Waals surface area contributed by atoms with Gasteiger partial charge in [0.2, 0.25) is 0 Å². The third-order valence-electron chi connectivity index (χ3n) is 2.83. The maximum Gasteiger partial charge on any atom is 0.187 e. The van der Waals surface area contributed by atoms with Crippen molar-refractivity contribution >= 4 is 21.6 Å². The van der Waals surface area contributed by atoms with Crippen LogP contribution in [0.25, 0.3) is 17.1 Å². The molecule has 8 heteroatoms. The van der Waals surface area contributed by atoms with E-state index in [-0.39, 0.29) is 10.2 Å². The van der Waals surface area contributed by atoms with E-state index in [0.717, 1.165) is 6.07 Å². The van der Waals surface area contributed by atoms with Gasteiger partial charge in [-0.15, -0.1) is 5.10 Å². The molecule has 2 aromatic carbocycles. The number of hydrogen-bond acceptors (Lipinski definition) is 4. The van der Waals surface area contributed by atoms with E-state index in [4.69, 9.17) is 5.73 Å². The summed E-state index contributed by atoms with van der Waals surface area (Å²) in [5.74, 6) is -1.16. The van der Waals surface area contributed by atoms with Crippen molar-refractivity contribution in [2.45, 2.75) is 0 Å². The van der Waals surface area contributed by atoms with Crippen molar-refractivity contribution in [3.05, 3.63) is 52.5 Å². The zero-order valence-corrected chi connectivity index (χ0v) is 12.1. The van der Waals surface area contributed by atoms with E-state index in [1.165, 1.54) is 10.7 Å². The molecule has 0 aliphatic carbocycles. The molecule has 0 spiro atoms. The molecule has 3 aromatic rings. The van der Waals surface area contributed by atoms with Crippen LogP contribution in [0.2, 0.25) is 0 Å². The fourth-order valence-electron chi connectivity index (χ4n) is 1.88. The summed E-state index contributed by atoms with van der Waals surface area (Å²) in [7, 11) is 0. The first kappa shape index (κ1) is 13.6. The standard InChI is InChI=1S/C13H8BrF2N5/c14-9-5-12(11(16)6-10(9)15)21-13(18-19-20-21)7-2-1-3-8(17)4-7/h1-6H,17H2. The number of benzene rings is 2. The van der Waals surface area contributed by atoms with Crippen molar-refractivity contribution in [3.63, 3.8) is 0 Å². The molecule has 2 N–H and O–H groups in total. The van der Waals surface area contributed by atoms with Crippen LogP contribution in [0.3, 0.4) is 0 Å². The molecule has 0 fully saturated rings. The summed E-state index contributed by atoms with van der Waals surface area (Å²) in [5, 5.41) is 11.2. The Morgan fingerprint density at radius 2 is 1.90 bits per heavy atom. The highest BCUT2D eigenvalue weighted by Gasteiger charge is 2.16. The van der Waals surface area contributed by atoms with E-state index in [1.54, 1.807) is 24.3 Å². The highest BCUT2D eigenvalue weighted by Crippen LogP contribution is 2.26. The average molecular weight is 352 g/mol. The minimum atomic E-state index is -0.770. The number of tetrazole rings is 1. The van der Waals surface area contributed by atoms with Gasteiger partial charge in [-0.2, -0.15) is 4.68 Å². The Bertz CT molecular complexity index is 818. The average Bonchev–Trinajstić information content (AvgIpc) is 2.92. The van der Waals surface area contributed by atoms with Gasteiger partial charge in [0.15, 0.2) is 11.6 Å². The lowest BCUT2D eigenvalue weighted by atomic mass is 10.2. The lowest BCUT2D eigenvalue weighted by molar-refractivity contribution is 0.568. The Morgan fingerprint density at radius 1 is 1.10 bits per heavy atom. The molecule has 0 unspecified atom stereocenters. The van der Waals surface area contributed by atoms with E-state index in [9.17, 15) is 8.78 Å². The normalized spacial score (nSPS) is 10.8. The Kier molecular flexibility index (Phi) is 3.38. The summed E-state index contributed by atoms with van der Waals surface area (Å²) in [4.78, 5) is 0. The number of hydrogen-bond donors (Lipinski definition) is 1. The molecule has 3 rings (SSSR count). The molecule has 0 amide bonds. The van der Waals surface area contributed by atoms with Crippen LogP contribution in [0.4, 0.5) is 14.5 Å². The van der Waals surface area contributed by atoms with Gasteiger partial charge in [-0.05, 0) is 44.6 Å². The van der Waals surface area contributed by atoms with Gasteiger partial charge in [0.25, 0.3) is 0 Å². The molecule has 0 radical (unpaired) electrons. The quantitative estimate of drug-likeness (QED) is 0.569. The van der Waals surface area contributed by atoms with Crippen LogP contribution >= 0.6 is 15.9 Å². The van der Waals surface area contributed by atoms with Crippen molar-refractivity contribution < 1.29 is 8.78 Å². The smallest absolute Gasteiger partial charge is 0.187 e. The van der Waals surface area contributed by atoms with E-state index in [2.05, 4.69) is 31.5 Å². The summed E-state index contributed by atoms with van der Waals surface area (Å²) < 4.78 is 28.6. The number of rotatable bonds is 2. The molecule has 0 aliphatic heterocycles. The third kappa shape index (κ3) is 2.49. The molecule has 0 atom stereocenters. The molecule has 0 saturated heterocycles. The van der Waals surface area contributed by atoms with Crippen molar-refractivity contribution in [1.29, 1.82) is 0 Å². The maximum atomic E-state index is 14.0. The van der Waals surface area contributed by atoms with Gasteiger partial charge >= 0.3 is 0 Å². The molecule has 0 saturated carbocycles. The van der Waals surface area contributed by atoms with E-state index >= 15 is 0 Å². The molecule has 1 aromatic heterocycles. The zero-order valence-electron chi connectivity index (χ0n) is 10.5.